The van der Waals surface area contributed by atoms with E-state index >= 15 is 0 Å². The van der Waals surface area contributed by atoms with Gasteiger partial charge in [0.15, 0.2) is 5.78 Å². The van der Waals surface area contributed by atoms with Crippen LogP contribution in [0.25, 0.3) is 11.0 Å². The highest BCUT2D eigenvalue weighted by molar-refractivity contribution is 5.96. The van der Waals surface area contributed by atoms with E-state index in [1.807, 2.05) is 18.2 Å². The molecule has 1 heterocycles. The molecule has 112 valence electrons. The Kier molecular flexibility index (Phi) is 4.78. The first-order chi connectivity index (χ1) is 10.1. The molecule has 0 saturated carbocycles. The van der Waals surface area contributed by atoms with Crippen LogP contribution in [0.5, 0.6) is 0 Å². The standard InChI is InChI=1S/C17H21NO3/c1-4-8-18(9-5-2)14-7-6-13-10-15(12(3)19)17(20)21-16(13)11-14/h6-7,10-11H,4-5,8-9H2,1-3H3. The number of rotatable bonds is 6. The number of fused-ring (bicyclic) bond motifs is 1. The third-order valence-electron chi connectivity index (χ3n) is 3.45. The van der Waals surface area contributed by atoms with Crippen molar-refractivity contribution < 1.29 is 9.21 Å². The van der Waals surface area contributed by atoms with Gasteiger partial charge in [-0.1, -0.05) is 13.8 Å². The van der Waals surface area contributed by atoms with Crippen molar-refractivity contribution in [3.8, 4) is 0 Å². The van der Waals surface area contributed by atoms with Gasteiger partial charge in [0.05, 0.1) is 0 Å². The lowest BCUT2D eigenvalue weighted by Gasteiger charge is -2.23. The zero-order valence-electron chi connectivity index (χ0n) is 12.8. The lowest BCUT2D eigenvalue weighted by atomic mass is 10.1. The summed E-state index contributed by atoms with van der Waals surface area (Å²) in [5.41, 5.74) is 1.11. The predicted octanol–water partition coefficient (Wildman–Crippen LogP) is 3.62. The monoisotopic (exact) mass is 287 g/mol. The van der Waals surface area contributed by atoms with E-state index in [1.165, 1.54) is 6.92 Å². The van der Waals surface area contributed by atoms with E-state index in [4.69, 9.17) is 4.42 Å². The largest absolute Gasteiger partial charge is 0.422 e. The Bertz CT molecular complexity index is 697. The molecular formula is C17H21NO3. The molecule has 0 aliphatic carbocycles. The average molecular weight is 287 g/mol. The van der Waals surface area contributed by atoms with Gasteiger partial charge in [-0.2, -0.15) is 0 Å². The summed E-state index contributed by atoms with van der Waals surface area (Å²) in [6.07, 6.45) is 2.12. The summed E-state index contributed by atoms with van der Waals surface area (Å²) in [7, 11) is 0. The molecule has 0 fully saturated rings. The first kappa shape index (κ1) is 15.3. The molecule has 2 rings (SSSR count). The van der Waals surface area contributed by atoms with Crippen LogP contribution in [0.2, 0.25) is 0 Å². The SMILES string of the molecule is CCCN(CCC)c1ccc2cc(C(C)=O)c(=O)oc2c1. The van der Waals surface area contributed by atoms with E-state index in [1.54, 1.807) is 6.07 Å². The van der Waals surface area contributed by atoms with E-state index in [0.717, 1.165) is 37.0 Å². The molecule has 0 atom stereocenters. The Hall–Kier alpha value is -2.10. The van der Waals surface area contributed by atoms with Gasteiger partial charge in [-0.3, -0.25) is 4.79 Å². The number of carbonyl (C=O) groups is 1. The summed E-state index contributed by atoms with van der Waals surface area (Å²) < 4.78 is 5.30. The van der Waals surface area contributed by atoms with Crippen LogP contribution in [0.1, 0.15) is 44.0 Å². The topological polar surface area (TPSA) is 50.5 Å². The molecule has 0 spiro atoms. The number of anilines is 1. The molecule has 0 amide bonds. The third-order valence-corrected chi connectivity index (χ3v) is 3.45. The van der Waals surface area contributed by atoms with Gasteiger partial charge in [-0.15, -0.1) is 0 Å². The highest BCUT2D eigenvalue weighted by Crippen LogP contribution is 2.22. The Balaban J connectivity index is 2.48. The number of hydrogen-bond donors (Lipinski definition) is 0. The Morgan fingerprint density at radius 1 is 1.14 bits per heavy atom. The molecule has 0 aliphatic rings. The summed E-state index contributed by atoms with van der Waals surface area (Å²) in [5, 5.41) is 0.775. The molecule has 2 aromatic rings. The number of benzene rings is 1. The van der Waals surface area contributed by atoms with Crippen molar-refractivity contribution in [2.24, 2.45) is 0 Å². The van der Waals surface area contributed by atoms with E-state index in [0.29, 0.717) is 5.58 Å². The van der Waals surface area contributed by atoms with Crippen molar-refractivity contribution in [3.63, 3.8) is 0 Å². The van der Waals surface area contributed by atoms with Gasteiger partial charge < -0.3 is 9.32 Å². The van der Waals surface area contributed by atoms with Crippen molar-refractivity contribution in [1.82, 2.24) is 0 Å². The zero-order chi connectivity index (χ0) is 15.4. The van der Waals surface area contributed by atoms with Crippen LogP contribution in [0.3, 0.4) is 0 Å². The fourth-order valence-electron chi connectivity index (χ4n) is 2.45. The maximum absolute atomic E-state index is 11.8. The van der Waals surface area contributed by atoms with Crippen LogP contribution >= 0.6 is 0 Å². The maximum Gasteiger partial charge on any atom is 0.347 e. The lowest BCUT2D eigenvalue weighted by Crippen LogP contribution is -2.24. The number of hydrogen-bond acceptors (Lipinski definition) is 4. The van der Waals surface area contributed by atoms with Crippen LogP contribution in [0.4, 0.5) is 5.69 Å². The summed E-state index contributed by atoms with van der Waals surface area (Å²) in [6, 6.07) is 7.40. The molecule has 1 aromatic heterocycles. The number of carbonyl (C=O) groups excluding carboxylic acids is 1. The summed E-state index contributed by atoms with van der Waals surface area (Å²) >= 11 is 0. The second-order valence-electron chi connectivity index (χ2n) is 5.21. The minimum absolute atomic E-state index is 0.106. The van der Waals surface area contributed by atoms with Gasteiger partial charge in [-0.25, -0.2) is 4.79 Å². The van der Waals surface area contributed by atoms with Gasteiger partial charge in [0.1, 0.15) is 11.1 Å². The molecule has 0 aliphatic heterocycles. The normalized spacial score (nSPS) is 10.8. The van der Waals surface area contributed by atoms with Crippen molar-refractivity contribution in [3.05, 3.63) is 40.2 Å². The van der Waals surface area contributed by atoms with E-state index in [-0.39, 0.29) is 11.3 Å². The van der Waals surface area contributed by atoms with Gasteiger partial charge in [-0.05, 0) is 38.0 Å². The molecule has 4 nitrogen and oxygen atoms in total. The Morgan fingerprint density at radius 2 is 1.81 bits per heavy atom. The molecule has 1 aromatic carbocycles. The first-order valence-electron chi connectivity index (χ1n) is 7.40. The fourth-order valence-corrected chi connectivity index (χ4v) is 2.45. The molecular weight excluding hydrogens is 266 g/mol. The van der Waals surface area contributed by atoms with Crippen LogP contribution in [-0.2, 0) is 0 Å². The number of Topliss-reactive ketones (excluding diaryl/α,β-unsaturated/α-hetero) is 1. The van der Waals surface area contributed by atoms with Gasteiger partial charge in [0.2, 0.25) is 0 Å². The number of nitrogens with zero attached hydrogens (tertiary/aromatic N) is 1. The van der Waals surface area contributed by atoms with E-state index < -0.39 is 5.63 Å². The van der Waals surface area contributed by atoms with Gasteiger partial charge in [0.25, 0.3) is 0 Å². The summed E-state index contributed by atoms with van der Waals surface area (Å²) in [4.78, 5) is 25.5. The first-order valence-corrected chi connectivity index (χ1v) is 7.40. The quantitative estimate of drug-likeness (QED) is 0.601. The van der Waals surface area contributed by atoms with Crippen LogP contribution in [0, 0.1) is 0 Å². The molecule has 0 unspecified atom stereocenters. The summed E-state index contributed by atoms with van der Waals surface area (Å²) in [5.74, 6) is -0.270. The van der Waals surface area contributed by atoms with Crippen LogP contribution < -0.4 is 10.5 Å². The van der Waals surface area contributed by atoms with Crippen molar-refractivity contribution in [2.45, 2.75) is 33.6 Å². The molecule has 0 radical (unpaired) electrons. The van der Waals surface area contributed by atoms with E-state index in [2.05, 4.69) is 18.7 Å². The van der Waals surface area contributed by atoms with Gasteiger partial charge in [0, 0.05) is 30.2 Å². The Labute approximate surface area is 124 Å². The molecule has 0 bridgehead atoms. The third kappa shape index (κ3) is 3.32. The highest BCUT2D eigenvalue weighted by Gasteiger charge is 2.11. The molecule has 0 N–H and O–H groups in total. The predicted molar refractivity (Wildman–Crippen MR) is 85.3 cm³/mol. The van der Waals surface area contributed by atoms with Crippen molar-refractivity contribution in [2.75, 3.05) is 18.0 Å². The van der Waals surface area contributed by atoms with Crippen molar-refractivity contribution in [1.29, 1.82) is 0 Å². The van der Waals surface area contributed by atoms with Crippen LogP contribution in [-0.4, -0.2) is 18.9 Å². The van der Waals surface area contributed by atoms with E-state index in [9.17, 15) is 9.59 Å². The summed E-state index contributed by atoms with van der Waals surface area (Å²) in [6.45, 7) is 7.59. The van der Waals surface area contributed by atoms with Crippen LogP contribution in [0.15, 0.2) is 33.5 Å². The molecule has 0 saturated heterocycles. The minimum Gasteiger partial charge on any atom is -0.422 e. The minimum atomic E-state index is -0.565. The molecule has 4 heteroatoms. The Morgan fingerprint density at radius 3 is 2.38 bits per heavy atom. The molecule has 21 heavy (non-hydrogen) atoms. The fraction of sp³-hybridized carbons (Fsp3) is 0.412. The maximum atomic E-state index is 11.8. The van der Waals surface area contributed by atoms with Crippen molar-refractivity contribution >= 4 is 22.4 Å². The average Bonchev–Trinajstić information content (AvgIpc) is 2.45. The highest BCUT2D eigenvalue weighted by atomic mass is 16.4. The second kappa shape index (κ2) is 6.57. The smallest absolute Gasteiger partial charge is 0.347 e. The second-order valence-corrected chi connectivity index (χ2v) is 5.21. The number of ketones is 1. The zero-order valence-corrected chi connectivity index (χ0v) is 12.8. The lowest BCUT2D eigenvalue weighted by molar-refractivity contribution is 0.101. The van der Waals surface area contributed by atoms with Gasteiger partial charge >= 0.3 is 5.63 Å².